The van der Waals surface area contributed by atoms with Crippen LogP contribution >= 0.6 is 0 Å². The summed E-state index contributed by atoms with van der Waals surface area (Å²) in [6.45, 7) is 0. The van der Waals surface area contributed by atoms with Crippen LogP contribution in [0.25, 0.3) is 0 Å². The lowest BCUT2D eigenvalue weighted by atomic mass is 9.91. The molecule has 1 heterocycles. The highest BCUT2D eigenvalue weighted by molar-refractivity contribution is 5.24. The van der Waals surface area contributed by atoms with E-state index < -0.39 is 0 Å². The van der Waals surface area contributed by atoms with Gasteiger partial charge >= 0.3 is 0 Å². The lowest BCUT2D eigenvalue weighted by molar-refractivity contribution is 0.604. The quantitative estimate of drug-likeness (QED) is 0.575. The summed E-state index contributed by atoms with van der Waals surface area (Å²) in [6, 6.07) is 2.26. The molecule has 12 heavy (non-hydrogen) atoms. The Balaban J connectivity index is 2.45. The van der Waals surface area contributed by atoms with E-state index in [0.29, 0.717) is 0 Å². The second kappa shape index (κ2) is 2.90. The van der Waals surface area contributed by atoms with Gasteiger partial charge in [-0.25, -0.2) is 0 Å². The summed E-state index contributed by atoms with van der Waals surface area (Å²) in [7, 11) is 0. The molecular formula is C9H9N3. The van der Waals surface area contributed by atoms with Crippen molar-refractivity contribution in [2.45, 2.75) is 25.2 Å². The molecule has 3 heteroatoms. The molecular weight excluding hydrogens is 150 g/mol. The number of nitrogens with zero attached hydrogens (tertiary/aromatic N) is 3. The van der Waals surface area contributed by atoms with Crippen molar-refractivity contribution < 1.29 is 0 Å². The summed E-state index contributed by atoms with van der Waals surface area (Å²) in [5.74, 6) is -0.0255. The molecule has 0 saturated heterocycles. The average Bonchev–Trinajstić information content (AvgIpc) is 2.17. The third kappa shape index (κ3) is 1.06. The molecule has 1 unspecified atom stereocenters. The molecule has 1 aliphatic carbocycles. The fourth-order valence-electron chi connectivity index (χ4n) is 1.60. The highest BCUT2D eigenvalue weighted by Crippen LogP contribution is 2.27. The second-order valence-corrected chi connectivity index (χ2v) is 2.96. The second-order valence-electron chi connectivity index (χ2n) is 2.96. The summed E-state index contributed by atoms with van der Waals surface area (Å²) in [5, 5.41) is 8.82. The standard InChI is InChI=1S/C9H9N3/c10-6-7-2-1-3-8-9(7)12-5-4-11-8/h4-5,7H,1-3H2. The minimum Gasteiger partial charge on any atom is -0.258 e. The van der Waals surface area contributed by atoms with E-state index >= 15 is 0 Å². The van der Waals surface area contributed by atoms with E-state index in [1.165, 1.54) is 0 Å². The minimum absolute atomic E-state index is 0.0255. The normalized spacial score (nSPS) is 21.1. The first-order valence-electron chi connectivity index (χ1n) is 4.11. The van der Waals surface area contributed by atoms with Crippen molar-refractivity contribution in [3.63, 3.8) is 0 Å². The first-order chi connectivity index (χ1) is 5.92. The van der Waals surface area contributed by atoms with Crippen LogP contribution < -0.4 is 0 Å². The first kappa shape index (κ1) is 7.23. The van der Waals surface area contributed by atoms with Crippen LogP contribution in [0.1, 0.15) is 30.1 Å². The van der Waals surface area contributed by atoms with Crippen molar-refractivity contribution in [2.75, 3.05) is 0 Å². The lowest BCUT2D eigenvalue weighted by Crippen LogP contribution is -2.11. The van der Waals surface area contributed by atoms with Crippen molar-refractivity contribution in [3.8, 4) is 6.07 Å². The zero-order valence-electron chi connectivity index (χ0n) is 6.70. The molecule has 3 nitrogen and oxygen atoms in total. The van der Waals surface area contributed by atoms with Crippen molar-refractivity contribution in [2.24, 2.45) is 0 Å². The summed E-state index contributed by atoms with van der Waals surface area (Å²) in [6.07, 6.45) is 6.32. The number of rotatable bonds is 0. The smallest absolute Gasteiger partial charge is 0.0903 e. The van der Waals surface area contributed by atoms with Crippen LogP contribution in [-0.2, 0) is 6.42 Å². The van der Waals surface area contributed by atoms with E-state index in [0.717, 1.165) is 30.7 Å². The number of hydrogen-bond acceptors (Lipinski definition) is 3. The molecule has 1 aliphatic rings. The van der Waals surface area contributed by atoms with Gasteiger partial charge in [0.2, 0.25) is 0 Å². The fourth-order valence-corrected chi connectivity index (χ4v) is 1.60. The third-order valence-electron chi connectivity index (χ3n) is 2.20. The van der Waals surface area contributed by atoms with Crippen molar-refractivity contribution in [1.82, 2.24) is 9.97 Å². The van der Waals surface area contributed by atoms with Crippen LogP contribution in [0.15, 0.2) is 12.4 Å². The Morgan fingerprint density at radius 3 is 3.08 bits per heavy atom. The summed E-state index contributed by atoms with van der Waals surface area (Å²) >= 11 is 0. The Morgan fingerprint density at radius 2 is 2.25 bits per heavy atom. The van der Waals surface area contributed by atoms with E-state index in [4.69, 9.17) is 5.26 Å². The molecule has 0 N–H and O–H groups in total. The molecule has 0 bridgehead atoms. The Morgan fingerprint density at radius 1 is 1.42 bits per heavy atom. The van der Waals surface area contributed by atoms with E-state index in [1.54, 1.807) is 12.4 Å². The highest BCUT2D eigenvalue weighted by Gasteiger charge is 2.21. The van der Waals surface area contributed by atoms with Gasteiger partial charge in [-0.2, -0.15) is 5.26 Å². The molecule has 1 aromatic rings. The van der Waals surface area contributed by atoms with Gasteiger partial charge in [0, 0.05) is 12.4 Å². The topological polar surface area (TPSA) is 49.6 Å². The van der Waals surface area contributed by atoms with Gasteiger partial charge in [-0.3, -0.25) is 9.97 Å². The predicted molar refractivity (Wildman–Crippen MR) is 43.3 cm³/mol. The number of nitriles is 1. The van der Waals surface area contributed by atoms with Gasteiger partial charge in [0.15, 0.2) is 0 Å². The molecule has 0 aliphatic heterocycles. The summed E-state index contributed by atoms with van der Waals surface area (Å²) in [4.78, 5) is 8.39. The van der Waals surface area contributed by atoms with Gasteiger partial charge in [0.05, 0.1) is 23.4 Å². The van der Waals surface area contributed by atoms with Gasteiger partial charge in [-0.05, 0) is 19.3 Å². The maximum absolute atomic E-state index is 8.82. The first-order valence-corrected chi connectivity index (χ1v) is 4.11. The van der Waals surface area contributed by atoms with Gasteiger partial charge in [-0.1, -0.05) is 0 Å². The van der Waals surface area contributed by atoms with Gasteiger partial charge in [0.1, 0.15) is 0 Å². The fraction of sp³-hybridized carbons (Fsp3) is 0.444. The Bertz CT molecular complexity index is 327. The maximum Gasteiger partial charge on any atom is 0.0903 e. The molecule has 1 atom stereocenters. The largest absolute Gasteiger partial charge is 0.258 e. The molecule has 0 aromatic carbocycles. The number of fused-ring (bicyclic) bond motifs is 1. The Hall–Kier alpha value is -1.43. The SMILES string of the molecule is N#CC1CCCc2nccnc21. The molecule has 2 rings (SSSR count). The van der Waals surface area contributed by atoms with E-state index in [2.05, 4.69) is 16.0 Å². The van der Waals surface area contributed by atoms with Crippen LogP contribution in [-0.4, -0.2) is 9.97 Å². The zero-order chi connectivity index (χ0) is 8.39. The molecule has 0 amide bonds. The molecule has 0 radical (unpaired) electrons. The van der Waals surface area contributed by atoms with Gasteiger partial charge < -0.3 is 0 Å². The lowest BCUT2D eigenvalue weighted by Gasteiger charge is -2.16. The van der Waals surface area contributed by atoms with Gasteiger partial charge in [0.25, 0.3) is 0 Å². The number of aromatic nitrogens is 2. The Kier molecular flexibility index (Phi) is 1.75. The average molecular weight is 159 g/mol. The number of aryl methyl sites for hydroxylation is 1. The molecule has 60 valence electrons. The van der Waals surface area contributed by atoms with Crippen LogP contribution in [0.5, 0.6) is 0 Å². The summed E-state index contributed by atoms with van der Waals surface area (Å²) < 4.78 is 0. The highest BCUT2D eigenvalue weighted by atomic mass is 14.8. The van der Waals surface area contributed by atoms with Gasteiger partial charge in [-0.15, -0.1) is 0 Å². The molecule has 1 aromatic heterocycles. The molecule has 0 spiro atoms. The third-order valence-corrected chi connectivity index (χ3v) is 2.20. The van der Waals surface area contributed by atoms with Crippen LogP contribution in [0, 0.1) is 11.3 Å². The van der Waals surface area contributed by atoms with Crippen LogP contribution in [0.2, 0.25) is 0 Å². The monoisotopic (exact) mass is 159 g/mol. The van der Waals surface area contributed by atoms with Crippen LogP contribution in [0.3, 0.4) is 0 Å². The predicted octanol–water partition coefficient (Wildman–Crippen LogP) is 1.42. The van der Waals surface area contributed by atoms with Crippen LogP contribution in [0.4, 0.5) is 0 Å². The minimum atomic E-state index is -0.0255. The van der Waals surface area contributed by atoms with E-state index in [9.17, 15) is 0 Å². The van der Waals surface area contributed by atoms with E-state index in [1.807, 2.05) is 0 Å². The number of hydrogen-bond donors (Lipinski definition) is 0. The summed E-state index contributed by atoms with van der Waals surface area (Å²) in [5.41, 5.74) is 1.90. The Labute approximate surface area is 71.1 Å². The van der Waals surface area contributed by atoms with Crippen molar-refractivity contribution in [3.05, 3.63) is 23.8 Å². The van der Waals surface area contributed by atoms with Crippen molar-refractivity contribution >= 4 is 0 Å². The van der Waals surface area contributed by atoms with Crippen molar-refractivity contribution in [1.29, 1.82) is 5.26 Å². The zero-order valence-corrected chi connectivity index (χ0v) is 6.70. The van der Waals surface area contributed by atoms with E-state index in [-0.39, 0.29) is 5.92 Å². The molecule has 0 fully saturated rings. The molecule has 0 saturated carbocycles. The maximum atomic E-state index is 8.82.